The highest BCUT2D eigenvalue weighted by Crippen LogP contribution is 2.28. The molecule has 28 heavy (non-hydrogen) atoms. The normalized spacial score (nSPS) is 10.5. The molecule has 2 amide bonds. The Morgan fingerprint density at radius 1 is 1.18 bits per heavy atom. The van der Waals surface area contributed by atoms with Gasteiger partial charge < -0.3 is 15.0 Å². The van der Waals surface area contributed by atoms with E-state index in [2.05, 4.69) is 10.3 Å². The molecule has 2 heterocycles. The molecule has 1 aromatic carbocycles. The molecule has 3 aromatic rings. The number of likely N-dealkylation sites (N-methyl/N-ethyl adjacent to an activating group) is 2. The topological polar surface area (TPSA) is 88.6 Å². The van der Waals surface area contributed by atoms with E-state index in [0.717, 1.165) is 4.88 Å². The summed E-state index contributed by atoms with van der Waals surface area (Å²) >= 11 is 1.52. The van der Waals surface area contributed by atoms with Crippen molar-refractivity contribution in [3.8, 4) is 10.6 Å². The summed E-state index contributed by atoms with van der Waals surface area (Å²) in [6, 6.07) is 12.8. The number of pyridine rings is 1. The van der Waals surface area contributed by atoms with Crippen LogP contribution in [0, 0.1) is 0 Å². The zero-order valence-electron chi connectivity index (χ0n) is 15.5. The molecule has 144 valence electrons. The molecule has 0 unspecified atom stereocenters. The largest absolute Gasteiger partial charge is 0.452 e. The number of hydrogen-bond donors (Lipinski definition) is 1. The first-order valence-corrected chi connectivity index (χ1v) is 9.43. The lowest BCUT2D eigenvalue weighted by Gasteiger charge is -2.16. The molecule has 0 bridgehead atoms. The molecule has 0 atom stereocenters. The lowest BCUT2D eigenvalue weighted by atomic mass is 10.1. The summed E-state index contributed by atoms with van der Waals surface area (Å²) in [4.78, 5) is 42.9. The van der Waals surface area contributed by atoms with Gasteiger partial charge in [-0.1, -0.05) is 24.3 Å². The summed E-state index contributed by atoms with van der Waals surface area (Å²) in [5.41, 5.74) is 1.68. The minimum absolute atomic E-state index is 0.104. The van der Waals surface area contributed by atoms with Crippen LogP contribution in [0.4, 0.5) is 0 Å². The Hall–Kier alpha value is -3.26. The lowest BCUT2D eigenvalue weighted by molar-refractivity contribution is -0.137. The van der Waals surface area contributed by atoms with Crippen LogP contribution in [0.15, 0.2) is 47.8 Å². The Kier molecular flexibility index (Phi) is 6.00. The van der Waals surface area contributed by atoms with Gasteiger partial charge in [-0.05, 0) is 23.6 Å². The number of nitrogens with one attached hydrogen (secondary N) is 1. The number of esters is 1. The molecular weight excluding hydrogens is 378 g/mol. The van der Waals surface area contributed by atoms with Crippen LogP contribution in [0.5, 0.6) is 0 Å². The van der Waals surface area contributed by atoms with E-state index in [1.54, 1.807) is 12.1 Å². The summed E-state index contributed by atoms with van der Waals surface area (Å²) in [5, 5.41) is 5.02. The van der Waals surface area contributed by atoms with Crippen LogP contribution in [0.25, 0.3) is 21.5 Å². The second kappa shape index (κ2) is 8.62. The zero-order chi connectivity index (χ0) is 20.1. The molecule has 2 aromatic heterocycles. The minimum atomic E-state index is -0.613. The van der Waals surface area contributed by atoms with Gasteiger partial charge in [0.2, 0.25) is 5.91 Å². The molecule has 0 aliphatic heterocycles. The molecule has 0 saturated carbocycles. The number of ether oxygens (including phenoxy) is 1. The predicted octanol–water partition coefficient (Wildman–Crippen LogP) is 2.32. The summed E-state index contributed by atoms with van der Waals surface area (Å²) in [5.74, 6) is -1.38. The summed E-state index contributed by atoms with van der Waals surface area (Å²) in [6.45, 7) is -0.551. The number of aromatic nitrogens is 1. The van der Waals surface area contributed by atoms with E-state index in [4.69, 9.17) is 4.74 Å². The van der Waals surface area contributed by atoms with Crippen LogP contribution in [0.3, 0.4) is 0 Å². The highest BCUT2D eigenvalue weighted by atomic mass is 32.1. The number of hydrogen-bond acceptors (Lipinski definition) is 6. The maximum Gasteiger partial charge on any atom is 0.339 e. The number of benzene rings is 1. The Bertz CT molecular complexity index is 1020. The van der Waals surface area contributed by atoms with Crippen molar-refractivity contribution in [1.29, 1.82) is 0 Å². The second-order valence-corrected chi connectivity index (χ2v) is 7.00. The molecule has 0 saturated heterocycles. The Balaban J connectivity index is 1.81. The van der Waals surface area contributed by atoms with E-state index < -0.39 is 18.5 Å². The van der Waals surface area contributed by atoms with Crippen LogP contribution in [0.1, 0.15) is 10.4 Å². The standard InChI is InChI=1S/C20H19N3O4S/c1-21-18(24)11-23(2)19(25)12-27-20(26)14-10-16(17-8-5-9-28-17)22-15-7-4-3-6-13(14)15/h3-10H,11-12H2,1-2H3,(H,21,24). The molecule has 0 aliphatic rings. The fourth-order valence-electron chi connectivity index (χ4n) is 2.59. The number of thiophene rings is 1. The smallest absolute Gasteiger partial charge is 0.339 e. The highest BCUT2D eigenvalue weighted by Gasteiger charge is 2.18. The van der Waals surface area contributed by atoms with Crippen molar-refractivity contribution in [2.24, 2.45) is 0 Å². The van der Waals surface area contributed by atoms with Crippen LogP contribution < -0.4 is 5.32 Å². The zero-order valence-corrected chi connectivity index (χ0v) is 16.3. The van der Waals surface area contributed by atoms with E-state index in [0.29, 0.717) is 22.2 Å². The quantitative estimate of drug-likeness (QED) is 0.645. The number of carbonyl (C=O) groups is 3. The fourth-order valence-corrected chi connectivity index (χ4v) is 3.28. The van der Waals surface area contributed by atoms with E-state index >= 15 is 0 Å². The Morgan fingerprint density at radius 3 is 2.68 bits per heavy atom. The van der Waals surface area contributed by atoms with Gasteiger partial charge in [-0.3, -0.25) is 9.59 Å². The van der Waals surface area contributed by atoms with E-state index in [-0.39, 0.29) is 12.5 Å². The van der Waals surface area contributed by atoms with Crippen LogP contribution >= 0.6 is 11.3 Å². The SMILES string of the molecule is CNC(=O)CN(C)C(=O)COC(=O)c1cc(-c2cccs2)nc2ccccc12. The third-order valence-corrected chi connectivity index (χ3v) is 5.01. The first-order valence-electron chi connectivity index (χ1n) is 8.55. The van der Waals surface area contributed by atoms with Gasteiger partial charge in [0.15, 0.2) is 6.61 Å². The van der Waals surface area contributed by atoms with Gasteiger partial charge in [-0.15, -0.1) is 11.3 Å². The summed E-state index contributed by atoms with van der Waals surface area (Å²) < 4.78 is 5.22. The number of para-hydroxylation sites is 1. The molecule has 0 fully saturated rings. The Morgan fingerprint density at radius 2 is 1.96 bits per heavy atom. The van der Waals surface area contributed by atoms with Gasteiger partial charge >= 0.3 is 5.97 Å². The van der Waals surface area contributed by atoms with Gasteiger partial charge in [-0.25, -0.2) is 9.78 Å². The number of fused-ring (bicyclic) bond motifs is 1. The minimum Gasteiger partial charge on any atom is -0.452 e. The van der Waals surface area contributed by atoms with Crippen LogP contribution in [0.2, 0.25) is 0 Å². The molecule has 0 spiro atoms. The molecule has 0 radical (unpaired) electrons. The summed E-state index contributed by atoms with van der Waals surface area (Å²) in [6.07, 6.45) is 0. The van der Waals surface area contributed by atoms with E-state index in [1.807, 2.05) is 35.7 Å². The monoisotopic (exact) mass is 397 g/mol. The van der Waals surface area contributed by atoms with Gasteiger partial charge in [-0.2, -0.15) is 0 Å². The van der Waals surface area contributed by atoms with Gasteiger partial charge in [0.25, 0.3) is 5.91 Å². The molecule has 3 rings (SSSR count). The summed E-state index contributed by atoms with van der Waals surface area (Å²) in [7, 11) is 2.96. The first-order chi connectivity index (χ1) is 13.5. The van der Waals surface area contributed by atoms with Gasteiger partial charge in [0.05, 0.1) is 28.2 Å². The number of carbonyl (C=O) groups excluding carboxylic acids is 3. The highest BCUT2D eigenvalue weighted by molar-refractivity contribution is 7.13. The third-order valence-electron chi connectivity index (χ3n) is 4.12. The predicted molar refractivity (Wildman–Crippen MR) is 107 cm³/mol. The molecule has 7 nitrogen and oxygen atoms in total. The molecule has 8 heteroatoms. The fraction of sp³-hybridized carbons (Fsp3) is 0.200. The lowest BCUT2D eigenvalue weighted by Crippen LogP contribution is -2.39. The number of amides is 2. The van der Waals surface area contributed by atoms with E-state index in [9.17, 15) is 14.4 Å². The van der Waals surface area contributed by atoms with Crippen molar-refractivity contribution < 1.29 is 19.1 Å². The van der Waals surface area contributed by atoms with Gasteiger partial charge in [0, 0.05) is 19.5 Å². The van der Waals surface area contributed by atoms with Crippen LogP contribution in [-0.4, -0.2) is 54.9 Å². The first kappa shape index (κ1) is 19.5. The molecule has 0 aliphatic carbocycles. The maximum atomic E-state index is 12.7. The average molecular weight is 397 g/mol. The van der Waals surface area contributed by atoms with Crippen molar-refractivity contribution in [2.45, 2.75) is 0 Å². The van der Waals surface area contributed by atoms with E-state index in [1.165, 1.54) is 30.3 Å². The molecular formula is C20H19N3O4S. The average Bonchev–Trinajstić information content (AvgIpc) is 3.25. The molecule has 1 N–H and O–H groups in total. The Labute approximate surface area is 165 Å². The number of nitrogens with zero attached hydrogens (tertiary/aromatic N) is 2. The second-order valence-electron chi connectivity index (χ2n) is 6.05. The van der Waals surface area contributed by atoms with Crippen LogP contribution in [-0.2, 0) is 14.3 Å². The number of rotatable bonds is 6. The van der Waals surface area contributed by atoms with Crippen molar-refractivity contribution >= 4 is 40.0 Å². The maximum absolute atomic E-state index is 12.7. The van der Waals surface area contributed by atoms with Crippen molar-refractivity contribution in [1.82, 2.24) is 15.2 Å². The van der Waals surface area contributed by atoms with Crippen molar-refractivity contribution in [3.05, 3.63) is 53.4 Å². The third kappa shape index (κ3) is 4.34. The van der Waals surface area contributed by atoms with Gasteiger partial charge in [0.1, 0.15) is 0 Å². The van der Waals surface area contributed by atoms with Crippen molar-refractivity contribution in [3.63, 3.8) is 0 Å². The van der Waals surface area contributed by atoms with Crippen molar-refractivity contribution in [2.75, 3.05) is 27.2 Å².